The van der Waals surface area contributed by atoms with Gasteiger partial charge in [0.15, 0.2) is 5.96 Å². The molecule has 6 aliphatic heterocycles. The number of hydrogen-bond donors (Lipinski definition) is 3. The van der Waals surface area contributed by atoms with Crippen LogP contribution in [0.25, 0.3) is 0 Å². The molecule has 212 valence electrons. The fourth-order valence-corrected chi connectivity index (χ4v) is 7.57. The molecule has 0 bridgehead atoms. The van der Waals surface area contributed by atoms with E-state index in [2.05, 4.69) is 39.3 Å². The van der Waals surface area contributed by atoms with Crippen LogP contribution >= 0.6 is 0 Å². The van der Waals surface area contributed by atoms with E-state index < -0.39 is 0 Å². The Hall–Kier alpha value is -3.04. The number of aliphatic imine (C=N–C) groups is 1. The van der Waals surface area contributed by atoms with Crippen molar-refractivity contribution in [3.8, 4) is 0 Å². The largest absolute Gasteiger partial charge is 0.462 e. The van der Waals surface area contributed by atoms with Gasteiger partial charge in [0.05, 0.1) is 48.7 Å². The average molecular weight is 540 g/mol. The number of esters is 2. The Kier molecular flexibility index (Phi) is 7.05. The molecule has 0 spiro atoms. The van der Waals surface area contributed by atoms with Gasteiger partial charge in [-0.3, -0.25) is 9.89 Å². The van der Waals surface area contributed by atoms with Crippen LogP contribution in [0.2, 0.25) is 0 Å². The van der Waals surface area contributed by atoms with Crippen LogP contribution in [0.5, 0.6) is 0 Å². The molecule has 6 aliphatic rings. The van der Waals surface area contributed by atoms with Crippen LogP contribution in [0.3, 0.4) is 0 Å². The minimum atomic E-state index is -0.227. The highest BCUT2D eigenvalue weighted by Crippen LogP contribution is 2.38. The number of nitrogens with one attached hydrogen (secondary N) is 3. The Morgan fingerprint density at radius 1 is 0.923 bits per heavy atom. The van der Waals surface area contributed by atoms with Gasteiger partial charge in [-0.05, 0) is 79.1 Å². The van der Waals surface area contributed by atoms with Crippen molar-refractivity contribution in [3.05, 3.63) is 22.5 Å². The molecule has 6 rings (SSSR count). The smallest absolute Gasteiger partial charge is 0.351 e. The topological polar surface area (TPSA) is 107 Å². The maximum absolute atomic E-state index is 13.0. The van der Waals surface area contributed by atoms with Crippen LogP contribution in [0.1, 0.15) is 85.5 Å². The van der Waals surface area contributed by atoms with Gasteiger partial charge in [-0.15, -0.1) is 0 Å². The SMILES string of the molecule is CC1=C(C(=O)OCCCCCOC(=O)C2=C(C)NC3=[N+]4[C@H](CC[C@@H]24)C[C@H](C)N3)[C@@H]2CC[C@@H]3C[C@H](C)N=C(N1)N32. The third-order valence-electron chi connectivity index (χ3n) is 9.25. The first-order valence-electron chi connectivity index (χ1n) is 14.9. The zero-order valence-electron chi connectivity index (χ0n) is 23.7. The summed E-state index contributed by atoms with van der Waals surface area (Å²) in [5, 5.41) is 10.3. The van der Waals surface area contributed by atoms with E-state index in [0.29, 0.717) is 37.4 Å². The molecule has 6 atom stereocenters. The molecule has 0 aromatic rings. The van der Waals surface area contributed by atoms with Crippen LogP contribution in [0.4, 0.5) is 0 Å². The normalized spacial score (nSPS) is 32.6. The van der Waals surface area contributed by atoms with Gasteiger partial charge >= 0.3 is 17.9 Å². The van der Waals surface area contributed by atoms with E-state index in [1.807, 2.05) is 13.8 Å². The first-order valence-corrected chi connectivity index (χ1v) is 14.9. The van der Waals surface area contributed by atoms with Crippen molar-refractivity contribution in [2.75, 3.05) is 13.2 Å². The Bertz CT molecular complexity index is 1170. The van der Waals surface area contributed by atoms with Crippen molar-refractivity contribution < 1.29 is 23.6 Å². The lowest BCUT2D eigenvalue weighted by Crippen LogP contribution is -2.59. The van der Waals surface area contributed by atoms with Crippen molar-refractivity contribution in [2.45, 2.75) is 122 Å². The second kappa shape index (κ2) is 10.5. The van der Waals surface area contributed by atoms with Crippen LogP contribution in [-0.4, -0.2) is 82.8 Å². The molecule has 3 N–H and O–H groups in total. The number of rotatable bonds is 8. The number of carbonyl (C=O) groups excluding carboxylic acids is 2. The zero-order chi connectivity index (χ0) is 27.3. The highest BCUT2D eigenvalue weighted by atomic mass is 16.5. The molecule has 2 saturated heterocycles. The van der Waals surface area contributed by atoms with Gasteiger partial charge in [0, 0.05) is 18.2 Å². The van der Waals surface area contributed by atoms with E-state index in [0.717, 1.165) is 92.2 Å². The summed E-state index contributed by atoms with van der Waals surface area (Å²) in [6, 6.07) is 1.83. The molecule has 6 heterocycles. The standard InChI is InChI=1S/C29H42N6O4/c1-16-14-20-8-10-22-24(18(3)32-28(30-16)34(20)22)26(36)38-12-6-5-7-13-39-27(37)25-19(4)33-29-31-17(2)15-21-9-11-23(25)35(21)29/h16-17,20-23H,5-15H2,1-4H3,(H2,30,31,32,33,36,37)/p+1/t16-,17-,20+,21+,22-,23-/m0/s1. The molecular weight excluding hydrogens is 496 g/mol. The van der Waals surface area contributed by atoms with E-state index in [4.69, 9.17) is 14.5 Å². The molecule has 39 heavy (non-hydrogen) atoms. The van der Waals surface area contributed by atoms with Gasteiger partial charge < -0.3 is 19.7 Å². The van der Waals surface area contributed by atoms with Crippen LogP contribution in [0, 0.1) is 0 Å². The van der Waals surface area contributed by atoms with Crippen LogP contribution < -0.4 is 16.0 Å². The Morgan fingerprint density at radius 2 is 1.64 bits per heavy atom. The summed E-state index contributed by atoms with van der Waals surface area (Å²) in [5.41, 5.74) is 3.26. The Balaban J connectivity index is 0.940. The van der Waals surface area contributed by atoms with E-state index in [1.54, 1.807) is 0 Å². The van der Waals surface area contributed by atoms with Gasteiger partial charge in [0.1, 0.15) is 11.6 Å². The zero-order valence-corrected chi connectivity index (χ0v) is 23.7. The number of hydrogen-bond acceptors (Lipinski definition) is 9. The number of carbonyl (C=O) groups is 2. The molecule has 10 nitrogen and oxygen atoms in total. The summed E-state index contributed by atoms with van der Waals surface area (Å²) >= 11 is 0. The van der Waals surface area contributed by atoms with Crippen LogP contribution in [-0.2, 0) is 19.1 Å². The summed E-state index contributed by atoms with van der Waals surface area (Å²) in [6.45, 7) is 9.01. The Labute approximate surface area is 231 Å². The molecule has 0 aliphatic carbocycles. The molecule has 10 heteroatoms. The van der Waals surface area contributed by atoms with Gasteiger partial charge in [-0.25, -0.2) is 19.9 Å². The minimum Gasteiger partial charge on any atom is -0.462 e. The summed E-state index contributed by atoms with van der Waals surface area (Å²) in [4.78, 5) is 33.1. The van der Waals surface area contributed by atoms with E-state index in [1.165, 1.54) is 0 Å². The lowest BCUT2D eigenvalue weighted by Gasteiger charge is -2.42. The maximum atomic E-state index is 13.0. The molecule has 0 aromatic carbocycles. The lowest BCUT2D eigenvalue weighted by atomic mass is 10.0. The van der Waals surface area contributed by atoms with Crippen molar-refractivity contribution in [1.82, 2.24) is 20.9 Å². The highest BCUT2D eigenvalue weighted by Gasteiger charge is 2.48. The first kappa shape index (κ1) is 26.2. The molecule has 0 saturated carbocycles. The molecule has 0 aromatic heterocycles. The predicted octanol–water partition coefficient (Wildman–Crippen LogP) is 2.26. The summed E-state index contributed by atoms with van der Waals surface area (Å²) in [6.07, 6.45) is 8.58. The fraction of sp³-hybridized carbons (Fsp3) is 0.724. The summed E-state index contributed by atoms with van der Waals surface area (Å²) in [7, 11) is 0. The predicted molar refractivity (Wildman–Crippen MR) is 147 cm³/mol. The lowest BCUT2D eigenvalue weighted by molar-refractivity contribution is -0.580. The highest BCUT2D eigenvalue weighted by molar-refractivity contribution is 5.96. The minimum absolute atomic E-state index is 0.0643. The van der Waals surface area contributed by atoms with Gasteiger partial charge in [-0.2, -0.15) is 0 Å². The first-order chi connectivity index (χ1) is 18.8. The van der Waals surface area contributed by atoms with Gasteiger partial charge in [0.25, 0.3) is 0 Å². The second-order valence-corrected chi connectivity index (χ2v) is 12.1. The molecular formula is C29H43N6O4+. The van der Waals surface area contributed by atoms with Crippen molar-refractivity contribution in [3.63, 3.8) is 0 Å². The van der Waals surface area contributed by atoms with Gasteiger partial charge in [-0.1, -0.05) is 0 Å². The number of ether oxygens (including phenoxy) is 2. The quantitative estimate of drug-likeness (QED) is 0.245. The van der Waals surface area contributed by atoms with Crippen molar-refractivity contribution in [2.24, 2.45) is 4.99 Å². The summed E-state index contributed by atoms with van der Waals surface area (Å²) < 4.78 is 13.7. The van der Waals surface area contributed by atoms with Crippen LogP contribution in [0.15, 0.2) is 27.5 Å². The monoisotopic (exact) mass is 539 g/mol. The van der Waals surface area contributed by atoms with Crippen molar-refractivity contribution in [1.29, 1.82) is 0 Å². The molecule has 0 unspecified atom stereocenters. The Morgan fingerprint density at radius 3 is 2.41 bits per heavy atom. The summed E-state index contributed by atoms with van der Waals surface area (Å²) in [5.74, 6) is 1.50. The number of guanidine groups is 2. The maximum Gasteiger partial charge on any atom is 0.351 e. The average Bonchev–Trinajstić information content (AvgIpc) is 3.48. The van der Waals surface area contributed by atoms with E-state index in [-0.39, 0.29) is 24.0 Å². The fourth-order valence-electron chi connectivity index (χ4n) is 7.57. The van der Waals surface area contributed by atoms with Gasteiger partial charge in [0.2, 0.25) is 0 Å². The third-order valence-corrected chi connectivity index (χ3v) is 9.25. The van der Waals surface area contributed by atoms with Crippen molar-refractivity contribution >= 4 is 23.9 Å². The third kappa shape index (κ3) is 4.80. The second-order valence-electron chi connectivity index (χ2n) is 12.1. The number of unbranched alkanes of at least 4 members (excludes halogenated alkanes) is 2. The molecule has 0 amide bonds. The molecule has 0 radical (unpaired) electrons. The van der Waals surface area contributed by atoms with E-state index in [9.17, 15) is 9.59 Å². The number of allylic oxidation sites excluding steroid dienone is 2. The van der Waals surface area contributed by atoms with E-state index >= 15 is 0 Å². The number of nitrogens with zero attached hydrogens (tertiary/aromatic N) is 3. The molecule has 2 fully saturated rings.